The lowest BCUT2D eigenvalue weighted by Gasteiger charge is -2.09. The van der Waals surface area contributed by atoms with E-state index in [1.165, 1.54) is 23.5 Å². The van der Waals surface area contributed by atoms with E-state index in [1.807, 2.05) is 0 Å². The minimum absolute atomic E-state index is 0.158. The van der Waals surface area contributed by atoms with Crippen LogP contribution < -0.4 is 10.6 Å². The largest absolute Gasteiger partial charge is 0.416 e. The SMILES string of the molecule is O=C(CCCNC(=O)c1ccsc1)Nc1ccc(C(F)(F)F)cc1. The van der Waals surface area contributed by atoms with Gasteiger partial charge in [0.25, 0.3) is 5.91 Å². The van der Waals surface area contributed by atoms with Crippen LogP contribution in [0.25, 0.3) is 0 Å². The second kappa shape index (κ2) is 7.96. The molecule has 0 bridgehead atoms. The van der Waals surface area contributed by atoms with E-state index < -0.39 is 11.7 Å². The number of amides is 2. The van der Waals surface area contributed by atoms with Gasteiger partial charge < -0.3 is 10.6 Å². The Bertz CT molecular complexity index is 682. The van der Waals surface area contributed by atoms with Crippen molar-refractivity contribution in [3.8, 4) is 0 Å². The molecule has 0 unspecified atom stereocenters. The molecule has 0 saturated carbocycles. The van der Waals surface area contributed by atoms with Crippen molar-refractivity contribution in [1.29, 1.82) is 0 Å². The molecular weight excluding hydrogens is 341 g/mol. The summed E-state index contributed by atoms with van der Waals surface area (Å²) in [4.78, 5) is 23.4. The number of rotatable bonds is 6. The van der Waals surface area contributed by atoms with Crippen molar-refractivity contribution in [3.63, 3.8) is 0 Å². The standard InChI is InChI=1S/C16H15F3N2O2S/c17-16(18,19)12-3-5-13(6-4-12)21-14(22)2-1-8-20-15(23)11-7-9-24-10-11/h3-7,9-10H,1-2,8H2,(H,20,23)(H,21,22). The van der Waals surface area contributed by atoms with Crippen LogP contribution in [-0.4, -0.2) is 18.4 Å². The third-order valence-corrected chi connectivity index (χ3v) is 3.83. The summed E-state index contributed by atoms with van der Waals surface area (Å²) in [7, 11) is 0. The summed E-state index contributed by atoms with van der Waals surface area (Å²) in [5.74, 6) is -0.515. The zero-order chi connectivity index (χ0) is 17.6. The first-order chi connectivity index (χ1) is 11.4. The zero-order valence-electron chi connectivity index (χ0n) is 12.5. The van der Waals surface area contributed by atoms with Crippen LogP contribution in [0.15, 0.2) is 41.1 Å². The molecule has 1 heterocycles. The van der Waals surface area contributed by atoms with Crippen molar-refractivity contribution in [3.05, 3.63) is 52.2 Å². The van der Waals surface area contributed by atoms with Gasteiger partial charge in [0, 0.05) is 29.6 Å². The maximum absolute atomic E-state index is 12.4. The van der Waals surface area contributed by atoms with Gasteiger partial charge in [-0.05, 0) is 42.1 Å². The Labute approximate surface area is 140 Å². The fourth-order valence-electron chi connectivity index (χ4n) is 1.91. The zero-order valence-corrected chi connectivity index (χ0v) is 13.3. The topological polar surface area (TPSA) is 58.2 Å². The Morgan fingerprint density at radius 1 is 1.08 bits per heavy atom. The number of anilines is 1. The second-order valence-electron chi connectivity index (χ2n) is 4.99. The summed E-state index contributed by atoms with van der Waals surface area (Å²) in [5, 5.41) is 8.74. The van der Waals surface area contributed by atoms with Gasteiger partial charge in [-0.25, -0.2) is 0 Å². The van der Waals surface area contributed by atoms with E-state index in [0.29, 0.717) is 24.2 Å². The summed E-state index contributed by atoms with van der Waals surface area (Å²) >= 11 is 1.42. The van der Waals surface area contributed by atoms with Crippen LogP contribution >= 0.6 is 11.3 Å². The molecule has 2 N–H and O–H groups in total. The number of nitrogens with one attached hydrogen (secondary N) is 2. The molecule has 0 aliphatic rings. The highest BCUT2D eigenvalue weighted by atomic mass is 32.1. The van der Waals surface area contributed by atoms with E-state index in [2.05, 4.69) is 10.6 Å². The molecule has 0 radical (unpaired) electrons. The normalized spacial score (nSPS) is 11.1. The number of carbonyl (C=O) groups excluding carboxylic acids is 2. The lowest BCUT2D eigenvalue weighted by atomic mass is 10.2. The van der Waals surface area contributed by atoms with Crippen molar-refractivity contribution < 1.29 is 22.8 Å². The Morgan fingerprint density at radius 2 is 1.79 bits per heavy atom. The summed E-state index contributed by atoms with van der Waals surface area (Å²) < 4.78 is 37.3. The number of benzene rings is 1. The molecule has 2 amide bonds. The molecule has 0 fully saturated rings. The first kappa shape index (κ1) is 18.0. The molecule has 0 aliphatic carbocycles. The van der Waals surface area contributed by atoms with Crippen molar-refractivity contribution in [1.82, 2.24) is 5.32 Å². The van der Waals surface area contributed by atoms with Crippen LogP contribution in [-0.2, 0) is 11.0 Å². The molecule has 2 rings (SSSR count). The van der Waals surface area contributed by atoms with Gasteiger partial charge in [-0.15, -0.1) is 0 Å². The van der Waals surface area contributed by atoms with Crippen molar-refractivity contribution >= 4 is 28.8 Å². The van der Waals surface area contributed by atoms with Gasteiger partial charge >= 0.3 is 6.18 Å². The summed E-state index contributed by atoms with van der Waals surface area (Å²) in [6.45, 7) is 0.342. The van der Waals surface area contributed by atoms with Crippen LogP contribution in [0.1, 0.15) is 28.8 Å². The van der Waals surface area contributed by atoms with Gasteiger partial charge in [0.2, 0.25) is 5.91 Å². The van der Waals surface area contributed by atoms with E-state index in [4.69, 9.17) is 0 Å². The van der Waals surface area contributed by atoms with Crippen LogP contribution in [0.2, 0.25) is 0 Å². The molecule has 0 aliphatic heterocycles. The smallest absolute Gasteiger partial charge is 0.352 e. The molecule has 128 valence electrons. The maximum Gasteiger partial charge on any atom is 0.416 e. The molecule has 0 saturated heterocycles. The highest BCUT2D eigenvalue weighted by Gasteiger charge is 2.29. The molecule has 1 aromatic heterocycles. The molecule has 2 aromatic rings. The fraction of sp³-hybridized carbons (Fsp3) is 0.250. The van der Waals surface area contributed by atoms with E-state index in [1.54, 1.807) is 16.8 Å². The third-order valence-electron chi connectivity index (χ3n) is 3.15. The average molecular weight is 356 g/mol. The molecular formula is C16H15F3N2O2S. The Balaban J connectivity index is 1.70. The van der Waals surface area contributed by atoms with Crippen molar-refractivity contribution in [2.45, 2.75) is 19.0 Å². The van der Waals surface area contributed by atoms with Gasteiger partial charge in [-0.1, -0.05) is 0 Å². The molecule has 24 heavy (non-hydrogen) atoms. The minimum atomic E-state index is -4.40. The van der Waals surface area contributed by atoms with Gasteiger partial charge in [0.15, 0.2) is 0 Å². The van der Waals surface area contributed by atoms with Gasteiger partial charge in [-0.3, -0.25) is 9.59 Å². The van der Waals surface area contributed by atoms with Gasteiger partial charge in [-0.2, -0.15) is 24.5 Å². The number of hydrogen-bond donors (Lipinski definition) is 2. The number of thiophene rings is 1. The highest BCUT2D eigenvalue weighted by molar-refractivity contribution is 7.08. The minimum Gasteiger partial charge on any atom is -0.352 e. The molecule has 0 spiro atoms. The average Bonchev–Trinajstić information content (AvgIpc) is 3.05. The fourth-order valence-corrected chi connectivity index (χ4v) is 2.55. The van der Waals surface area contributed by atoms with Crippen LogP contribution in [0, 0.1) is 0 Å². The second-order valence-corrected chi connectivity index (χ2v) is 5.77. The highest BCUT2D eigenvalue weighted by Crippen LogP contribution is 2.29. The first-order valence-electron chi connectivity index (χ1n) is 7.14. The quantitative estimate of drug-likeness (QED) is 0.771. The van der Waals surface area contributed by atoms with E-state index >= 15 is 0 Å². The number of carbonyl (C=O) groups is 2. The van der Waals surface area contributed by atoms with Crippen molar-refractivity contribution in [2.24, 2.45) is 0 Å². The van der Waals surface area contributed by atoms with Gasteiger partial charge in [0.05, 0.1) is 5.56 Å². The van der Waals surface area contributed by atoms with Gasteiger partial charge in [0.1, 0.15) is 0 Å². The number of alkyl halides is 3. The van der Waals surface area contributed by atoms with Crippen LogP contribution in [0.3, 0.4) is 0 Å². The van der Waals surface area contributed by atoms with E-state index in [9.17, 15) is 22.8 Å². The van der Waals surface area contributed by atoms with Crippen LogP contribution in [0.5, 0.6) is 0 Å². The van der Waals surface area contributed by atoms with Crippen LogP contribution in [0.4, 0.5) is 18.9 Å². The third kappa shape index (κ3) is 5.38. The van der Waals surface area contributed by atoms with Crippen molar-refractivity contribution in [2.75, 3.05) is 11.9 Å². The number of hydrogen-bond acceptors (Lipinski definition) is 3. The summed E-state index contributed by atoms with van der Waals surface area (Å²) in [5.41, 5.74) is 0.112. The maximum atomic E-state index is 12.4. The summed E-state index contributed by atoms with van der Waals surface area (Å²) in [6.07, 6.45) is -3.81. The monoisotopic (exact) mass is 356 g/mol. The Morgan fingerprint density at radius 3 is 2.38 bits per heavy atom. The molecule has 0 atom stereocenters. The predicted octanol–water partition coefficient (Wildman–Crippen LogP) is 3.92. The first-order valence-corrected chi connectivity index (χ1v) is 8.08. The summed E-state index contributed by atoms with van der Waals surface area (Å²) in [6, 6.07) is 5.95. The molecule has 1 aromatic carbocycles. The molecule has 4 nitrogen and oxygen atoms in total. The lowest BCUT2D eigenvalue weighted by molar-refractivity contribution is -0.137. The van der Waals surface area contributed by atoms with E-state index in [-0.39, 0.29) is 18.2 Å². The Kier molecular flexibility index (Phi) is 5.97. The molecule has 8 heteroatoms. The van der Waals surface area contributed by atoms with E-state index in [0.717, 1.165) is 12.1 Å². The number of halogens is 3. The Hall–Kier alpha value is -2.35. The lowest BCUT2D eigenvalue weighted by Crippen LogP contribution is -2.25. The predicted molar refractivity (Wildman–Crippen MR) is 86.0 cm³/mol.